The number of benzene rings is 2. The highest BCUT2D eigenvalue weighted by Crippen LogP contribution is 2.33. The number of aryl methyl sites for hydroxylation is 1. The van der Waals surface area contributed by atoms with Crippen molar-refractivity contribution in [3.63, 3.8) is 0 Å². The Morgan fingerprint density at radius 1 is 1.00 bits per heavy atom. The maximum Gasteiger partial charge on any atom is 0.333 e. The van der Waals surface area contributed by atoms with Crippen LogP contribution in [0.3, 0.4) is 0 Å². The summed E-state index contributed by atoms with van der Waals surface area (Å²) in [6.07, 6.45) is -0.519. The number of rotatable bonds is 12. The highest BCUT2D eigenvalue weighted by Gasteiger charge is 2.18. The largest absolute Gasteiger partial charge is 0.493 e. The molecule has 1 aromatic heterocycles. The van der Waals surface area contributed by atoms with Gasteiger partial charge in [-0.2, -0.15) is 0 Å². The molecule has 0 fully saturated rings. The van der Waals surface area contributed by atoms with Crippen molar-refractivity contribution in [3.05, 3.63) is 65.9 Å². The molecular formula is C26H31NO6. The van der Waals surface area contributed by atoms with E-state index in [1.54, 1.807) is 21.1 Å². The van der Waals surface area contributed by atoms with Gasteiger partial charge in [0.05, 0.1) is 20.8 Å². The summed E-state index contributed by atoms with van der Waals surface area (Å²) in [6, 6.07) is 17.5. The standard InChI is InChI=1S/C26H31NO6/c1-5-32-25(26(28)29)16-19-7-10-21(11-8-19)33-15-14-27-18(2)6-12-22(27)20-9-13-23(30-3)24(17-20)31-4/h6-13,17,25H,5,14-16H2,1-4H3,(H,28,29). The molecule has 2 aromatic carbocycles. The third kappa shape index (κ3) is 6.08. The fourth-order valence-corrected chi connectivity index (χ4v) is 3.72. The Labute approximate surface area is 194 Å². The first-order valence-corrected chi connectivity index (χ1v) is 10.9. The van der Waals surface area contributed by atoms with E-state index in [9.17, 15) is 9.90 Å². The number of carboxylic acids is 1. The summed E-state index contributed by atoms with van der Waals surface area (Å²) in [4.78, 5) is 11.3. The van der Waals surface area contributed by atoms with Crippen LogP contribution in [-0.4, -0.2) is 49.2 Å². The molecule has 1 N–H and O–H groups in total. The van der Waals surface area contributed by atoms with Gasteiger partial charge in [-0.1, -0.05) is 12.1 Å². The molecule has 1 atom stereocenters. The van der Waals surface area contributed by atoms with Crippen LogP contribution in [0.15, 0.2) is 54.6 Å². The lowest BCUT2D eigenvalue weighted by molar-refractivity contribution is -0.149. The lowest BCUT2D eigenvalue weighted by Gasteiger charge is -2.15. The van der Waals surface area contributed by atoms with Crippen LogP contribution in [0.25, 0.3) is 11.3 Å². The van der Waals surface area contributed by atoms with Crippen LogP contribution in [0.4, 0.5) is 0 Å². The summed E-state index contributed by atoms with van der Waals surface area (Å²) in [5.41, 5.74) is 4.13. The van der Waals surface area contributed by atoms with E-state index >= 15 is 0 Å². The SMILES string of the molecule is CCOC(Cc1ccc(OCCn2c(C)ccc2-c2ccc(OC)c(OC)c2)cc1)C(=O)O. The zero-order chi connectivity index (χ0) is 23.8. The van der Waals surface area contributed by atoms with Gasteiger partial charge in [-0.15, -0.1) is 0 Å². The normalized spacial score (nSPS) is 11.8. The van der Waals surface area contributed by atoms with E-state index < -0.39 is 12.1 Å². The summed E-state index contributed by atoms with van der Waals surface area (Å²) >= 11 is 0. The lowest BCUT2D eigenvalue weighted by atomic mass is 10.1. The number of methoxy groups -OCH3 is 2. The Morgan fingerprint density at radius 3 is 2.36 bits per heavy atom. The fraction of sp³-hybridized carbons (Fsp3) is 0.346. The highest BCUT2D eigenvalue weighted by molar-refractivity contribution is 5.72. The number of hydrogen-bond donors (Lipinski definition) is 1. The van der Waals surface area contributed by atoms with Crippen molar-refractivity contribution < 1.29 is 28.8 Å². The summed E-state index contributed by atoms with van der Waals surface area (Å²) in [5.74, 6) is 1.16. The summed E-state index contributed by atoms with van der Waals surface area (Å²) in [7, 11) is 3.25. The molecule has 0 bridgehead atoms. The number of carboxylic acid groups (broad SMARTS) is 1. The molecule has 0 saturated heterocycles. The second-order valence-electron chi connectivity index (χ2n) is 7.56. The van der Waals surface area contributed by atoms with Crippen molar-refractivity contribution in [3.8, 4) is 28.5 Å². The second-order valence-corrected chi connectivity index (χ2v) is 7.56. The summed E-state index contributed by atoms with van der Waals surface area (Å²) in [6.45, 7) is 5.38. The zero-order valence-electron chi connectivity index (χ0n) is 19.5. The molecule has 7 nitrogen and oxygen atoms in total. The van der Waals surface area contributed by atoms with Crippen molar-refractivity contribution in [1.29, 1.82) is 0 Å². The van der Waals surface area contributed by atoms with E-state index in [2.05, 4.69) is 23.6 Å². The lowest BCUT2D eigenvalue weighted by Crippen LogP contribution is -2.26. The maximum atomic E-state index is 11.3. The van der Waals surface area contributed by atoms with Gasteiger partial charge in [0.2, 0.25) is 0 Å². The average molecular weight is 454 g/mol. The minimum atomic E-state index is -0.954. The Kier molecular flexibility index (Phi) is 8.38. The van der Waals surface area contributed by atoms with Gasteiger partial charge in [-0.25, -0.2) is 4.79 Å². The van der Waals surface area contributed by atoms with Crippen molar-refractivity contribution in [1.82, 2.24) is 4.57 Å². The topological polar surface area (TPSA) is 79.2 Å². The summed E-state index contributed by atoms with van der Waals surface area (Å²) in [5, 5.41) is 9.24. The maximum absolute atomic E-state index is 11.3. The highest BCUT2D eigenvalue weighted by atomic mass is 16.5. The van der Waals surface area contributed by atoms with Crippen LogP contribution >= 0.6 is 0 Å². The molecule has 176 valence electrons. The molecule has 0 aliphatic carbocycles. The van der Waals surface area contributed by atoms with Crippen LogP contribution in [0.2, 0.25) is 0 Å². The van der Waals surface area contributed by atoms with Gasteiger partial charge in [0.25, 0.3) is 0 Å². The molecule has 33 heavy (non-hydrogen) atoms. The minimum Gasteiger partial charge on any atom is -0.493 e. The Morgan fingerprint density at radius 2 is 1.73 bits per heavy atom. The molecule has 0 aliphatic heterocycles. The van der Waals surface area contributed by atoms with Crippen LogP contribution in [0.5, 0.6) is 17.2 Å². The van der Waals surface area contributed by atoms with Crippen molar-refractivity contribution in [2.45, 2.75) is 32.9 Å². The minimum absolute atomic E-state index is 0.320. The van der Waals surface area contributed by atoms with E-state index in [-0.39, 0.29) is 0 Å². The first-order valence-electron chi connectivity index (χ1n) is 10.9. The fourth-order valence-electron chi connectivity index (χ4n) is 3.72. The molecule has 3 aromatic rings. The summed E-state index contributed by atoms with van der Waals surface area (Å²) < 4.78 is 24.2. The molecule has 7 heteroatoms. The molecule has 0 saturated carbocycles. The van der Waals surface area contributed by atoms with Crippen LogP contribution < -0.4 is 14.2 Å². The van der Waals surface area contributed by atoms with Gasteiger partial charge in [0.1, 0.15) is 12.4 Å². The Hall–Kier alpha value is -3.45. The average Bonchev–Trinajstić information content (AvgIpc) is 3.19. The third-order valence-corrected chi connectivity index (χ3v) is 5.45. The van der Waals surface area contributed by atoms with Crippen LogP contribution in [0, 0.1) is 6.92 Å². The van der Waals surface area contributed by atoms with Gasteiger partial charge < -0.3 is 28.6 Å². The van der Waals surface area contributed by atoms with E-state index in [1.165, 1.54) is 0 Å². The van der Waals surface area contributed by atoms with Gasteiger partial charge in [0, 0.05) is 30.0 Å². The number of hydrogen-bond acceptors (Lipinski definition) is 5. The quantitative estimate of drug-likeness (QED) is 0.432. The molecule has 0 amide bonds. The molecule has 1 heterocycles. The second kappa shape index (κ2) is 11.4. The first-order chi connectivity index (χ1) is 16.0. The van der Waals surface area contributed by atoms with E-state index in [1.807, 2.05) is 42.5 Å². The van der Waals surface area contributed by atoms with Crippen LogP contribution in [-0.2, 0) is 22.5 Å². The van der Waals surface area contributed by atoms with E-state index in [0.29, 0.717) is 37.7 Å². The number of aliphatic carboxylic acids is 1. The van der Waals surface area contributed by atoms with Gasteiger partial charge in [-0.3, -0.25) is 0 Å². The Bertz CT molecular complexity index is 1060. The predicted molar refractivity (Wildman–Crippen MR) is 126 cm³/mol. The van der Waals surface area contributed by atoms with E-state index in [4.69, 9.17) is 18.9 Å². The number of aromatic nitrogens is 1. The van der Waals surface area contributed by atoms with Gasteiger partial charge in [0.15, 0.2) is 17.6 Å². The van der Waals surface area contributed by atoms with E-state index in [0.717, 1.165) is 28.3 Å². The monoisotopic (exact) mass is 453 g/mol. The smallest absolute Gasteiger partial charge is 0.333 e. The Balaban J connectivity index is 1.64. The number of nitrogens with zero attached hydrogens (tertiary/aromatic N) is 1. The number of ether oxygens (including phenoxy) is 4. The molecule has 1 unspecified atom stereocenters. The zero-order valence-corrected chi connectivity index (χ0v) is 19.5. The molecular weight excluding hydrogens is 422 g/mol. The van der Waals surface area contributed by atoms with Crippen molar-refractivity contribution in [2.75, 3.05) is 27.4 Å². The molecule has 3 rings (SSSR count). The molecule has 0 spiro atoms. The van der Waals surface area contributed by atoms with Gasteiger partial charge >= 0.3 is 5.97 Å². The predicted octanol–water partition coefficient (Wildman–Crippen LogP) is 4.59. The van der Waals surface area contributed by atoms with Crippen molar-refractivity contribution >= 4 is 5.97 Å². The molecule has 0 radical (unpaired) electrons. The third-order valence-electron chi connectivity index (χ3n) is 5.45. The van der Waals surface area contributed by atoms with Crippen LogP contribution in [0.1, 0.15) is 18.2 Å². The number of carbonyl (C=O) groups is 1. The molecule has 0 aliphatic rings. The van der Waals surface area contributed by atoms with Crippen molar-refractivity contribution in [2.24, 2.45) is 0 Å². The van der Waals surface area contributed by atoms with Gasteiger partial charge in [-0.05, 0) is 61.9 Å². The first kappa shape index (κ1) is 24.2.